The van der Waals surface area contributed by atoms with E-state index in [9.17, 15) is 4.79 Å². The first-order valence-corrected chi connectivity index (χ1v) is 8.13. The molecule has 1 saturated carbocycles. The Morgan fingerprint density at radius 2 is 2.00 bits per heavy atom. The summed E-state index contributed by atoms with van der Waals surface area (Å²) in [4.78, 5) is 12.9. The molecule has 0 radical (unpaired) electrons. The molecule has 0 heterocycles. The van der Waals surface area contributed by atoms with Crippen molar-refractivity contribution in [3.8, 4) is 0 Å². The molecule has 19 heavy (non-hydrogen) atoms. The third-order valence-corrected chi connectivity index (χ3v) is 5.03. The second-order valence-corrected chi connectivity index (χ2v) is 6.46. The maximum Gasteiger partial charge on any atom is 0.227 e. The van der Waals surface area contributed by atoms with Crippen molar-refractivity contribution in [2.45, 2.75) is 55.8 Å². The third kappa shape index (κ3) is 3.82. The first-order chi connectivity index (χ1) is 9.22. The normalized spacial score (nSPS) is 24.7. The van der Waals surface area contributed by atoms with E-state index in [4.69, 9.17) is 0 Å². The van der Waals surface area contributed by atoms with Gasteiger partial charge in [-0.25, -0.2) is 0 Å². The Hall–Kier alpha value is -0.830. The number of hydrogen-bond donors (Lipinski definition) is 1. The molecule has 3 unspecified atom stereocenters. The van der Waals surface area contributed by atoms with Gasteiger partial charge in [0.2, 0.25) is 5.91 Å². The Bertz CT molecular complexity index is 406. The molecule has 0 aromatic heterocycles. The molecule has 2 nitrogen and oxygen atoms in total. The summed E-state index contributed by atoms with van der Waals surface area (Å²) >= 11 is 3.70. The van der Waals surface area contributed by atoms with Crippen LogP contribution >= 0.6 is 15.9 Å². The number of halogens is 1. The summed E-state index contributed by atoms with van der Waals surface area (Å²) in [5.74, 6) is 0.146. The lowest BCUT2D eigenvalue weighted by molar-refractivity contribution is -0.123. The van der Waals surface area contributed by atoms with Crippen molar-refractivity contribution >= 4 is 21.8 Å². The van der Waals surface area contributed by atoms with Gasteiger partial charge in [0.15, 0.2) is 0 Å². The van der Waals surface area contributed by atoms with Gasteiger partial charge in [0, 0.05) is 10.9 Å². The predicted molar refractivity (Wildman–Crippen MR) is 82.6 cm³/mol. The van der Waals surface area contributed by atoms with E-state index in [0.29, 0.717) is 10.9 Å². The second-order valence-electron chi connectivity index (χ2n) is 5.29. The molecule has 1 amide bonds. The topological polar surface area (TPSA) is 29.1 Å². The first kappa shape index (κ1) is 14.6. The van der Waals surface area contributed by atoms with E-state index in [0.717, 1.165) is 24.8 Å². The van der Waals surface area contributed by atoms with Crippen molar-refractivity contribution < 1.29 is 4.79 Å². The molecule has 3 atom stereocenters. The van der Waals surface area contributed by atoms with E-state index in [1.165, 1.54) is 12.8 Å². The fourth-order valence-corrected chi connectivity index (χ4v) is 3.51. The number of nitrogens with one attached hydrogen (secondary N) is 1. The molecule has 1 N–H and O–H groups in total. The van der Waals surface area contributed by atoms with Gasteiger partial charge in [-0.1, -0.05) is 66.0 Å². The van der Waals surface area contributed by atoms with Gasteiger partial charge in [-0.2, -0.15) is 0 Å². The Morgan fingerprint density at radius 1 is 1.32 bits per heavy atom. The molecule has 1 fully saturated rings. The lowest BCUT2D eigenvalue weighted by Gasteiger charge is -2.29. The number of hydrogen-bond acceptors (Lipinski definition) is 1. The highest BCUT2D eigenvalue weighted by Gasteiger charge is 2.27. The molecule has 0 bridgehead atoms. The van der Waals surface area contributed by atoms with Gasteiger partial charge in [-0.05, 0) is 24.8 Å². The summed E-state index contributed by atoms with van der Waals surface area (Å²) in [6.07, 6.45) is 5.57. The minimum Gasteiger partial charge on any atom is -0.352 e. The van der Waals surface area contributed by atoms with Crippen molar-refractivity contribution in [1.82, 2.24) is 5.32 Å². The van der Waals surface area contributed by atoms with Crippen LogP contribution in [0.3, 0.4) is 0 Å². The summed E-state index contributed by atoms with van der Waals surface area (Å²) in [6, 6.07) is 10.4. The number of amides is 1. The highest BCUT2D eigenvalue weighted by molar-refractivity contribution is 9.09. The van der Waals surface area contributed by atoms with Crippen LogP contribution in [0.1, 0.15) is 50.5 Å². The van der Waals surface area contributed by atoms with Crippen LogP contribution in [0.15, 0.2) is 30.3 Å². The Labute approximate surface area is 124 Å². The largest absolute Gasteiger partial charge is 0.352 e. The molecule has 1 aliphatic carbocycles. The highest BCUT2D eigenvalue weighted by Crippen LogP contribution is 2.26. The first-order valence-electron chi connectivity index (χ1n) is 7.21. The minimum atomic E-state index is -0.0252. The van der Waals surface area contributed by atoms with Gasteiger partial charge < -0.3 is 5.32 Å². The molecule has 1 aromatic rings. The van der Waals surface area contributed by atoms with Crippen LogP contribution in [0.5, 0.6) is 0 Å². The maximum absolute atomic E-state index is 12.5. The fourth-order valence-electron chi connectivity index (χ4n) is 2.79. The SMILES string of the molecule is CCC(C(=O)NC1CCCCC1Br)c1ccccc1. The molecule has 1 aromatic carbocycles. The summed E-state index contributed by atoms with van der Waals surface area (Å²) in [6.45, 7) is 2.07. The second kappa shape index (κ2) is 7.09. The van der Waals surface area contributed by atoms with Crippen LogP contribution in [-0.4, -0.2) is 16.8 Å². The monoisotopic (exact) mass is 323 g/mol. The zero-order chi connectivity index (χ0) is 13.7. The van der Waals surface area contributed by atoms with Crippen LogP contribution in [0, 0.1) is 0 Å². The Morgan fingerprint density at radius 3 is 2.63 bits per heavy atom. The molecule has 0 saturated heterocycles. The van der Waals surface area contributed by atoms with E-state index in [1.54, 1.807) is 0 Å². The van der Waals surface area contributed by atoms with Crippen molar-refractivity contribution in [2.24, 2.45) is 0 Å². The molecule has 0 spiro atoms. The smallest absolute Gasteiger partial charge is 0.227 e. The maximum atomic E-state index is 12.5. The van der Waals surface area contributed by atoms with E-state index >= 15 is 0 Å². The Balaban J connectivity index is 2.01. The van der Waals surface area contributed by atoms with Crippen LogP contribution in [0.4, 0.5) is 0 Å². The fraction of sp³-hybridized carbons (Fsp3) is 0.562. The summed E-state index contributed by atoms with van der Waals surface area (Å²) < 4.78 is 0. The number of rotatable bonds is 4. The van der Waals surface area contributed by atoms with E-state index in [-0.39, 0.29) is 11.8 Å². The number of carbonyl (C=O) groups is 1. The zero-order valence-corrected chi connectivity index (χ0v) is 13.0. The molecule has 2 rings (SSSR count). The van der Waals surface area contributed by atoms with Crippen molar-refractivity contribution in [1.29, 1.82) is 0 Å². The average Bonchev–Trinajstić information content (AvgIpc) is 2.43. The van der Waals surface area contributed by atoms with E-state index in [2.05, 4.69) is 28.2 Å². The molecule has 104 valence electrons. The Kier molecular flexibility index (Phi) is 5.44. The van der Waals surface area contributed by atoms with Gasteiger partial charge in [0.1, 0.15) is 0 Å². The van der Waals surface area contributed by atoms with Crippen LogP contribution in [-0.2, 0) is 4.79 Å². The lowest BCUT2D eigenvalue weighted by Crippen LogP contribution is -2.44. The molecule has 0 aliphatic heterocycles. The highest BCUT2D eigenvalue weighted by atomic mass is 79.9. The van der Waals surface area contributed by atoms with E-state index in [1.807, 2.05) is 30.3 Å². The van der Waals surface area contributed by atoms with Crippen LogP contribution in [0.2, 0.25) is 0 Å². The minimum absolute atomic E-state index is 0.0252. The van der Waals surface area contributed by atoms with Gasteiger partial charge in [-0.15, -0.1) is 0 Å². The van der Waals surface area contributed by atoms with Gasteiger partial charge in [-0.3, -0.25) is 4.79 Å². The summed E-state index contributed by atoms with van der Waals surface area (Å²) in [7, 11) is 0. The summed E-state index contributed by atoms with van der Waals surface area (Å²) in [5.41, 5.74) is 1.12. The molecular formula is C16H22BrNO. The van der Waals surface area contributed by atoms with Crippen molar-refractivity contribution in [3.63, 3.8) is 0 Å². The average molecular weight is 324 g/mol. The number of carbonyl (C=O) groups excluding carboxylic acids is 1. The van der Waals surface area contributed by atoms with Crippen molar-refractivity contribution in [3.05, 3.63) is 35.9 Å². The van der Waals surface area contributed by atoms with Crippen LogP contribution in [0.25, 0.3) is 0 Å². The van der Waals surface area contributed by atoms with Gasteiger partial charge in [0.05, 0.1) is 5.92 Å². The third-order valence-electron chi connectivity index (χ3n) is 3.94. The standard InChI is InChI=1S/C16H22BrNO/c1-2-13(12-8-4-3-5-9-12)16(19)18-15-11-7-6-10-14(15)17/h3-5,8-9,13-15H,2,6-7,10-11H2,1H3,(H,18,19). The van der Waals surface area contributed by atoms with E-state index < -0.39 is 0 Å². The van der Waals surface area contributed by atoms with Crippen molar-refractivity contribution in [2.75, 3.05) is 0 Å². The number of alkyl halides is 1. The molecular weight excluding hydrogens is 302 g/mol. The van der Waals surface area contributed by atoms with Gasteiger partial charge in [0.25, 0.3) is 0 Å². The molecule has 3 heteroatoms. The summed E-state index contributed by atoms with van der Waals surface area (Å²) in [5, 5.41) is 3.23. The van der Waals surface area contributed by atoms with Crippen LogP contribution < -0.4 is 5.32 Å². The zero-order valence-electron chi connectivity index (χ0n) is 11.4. The molecule has 1 aliphatic rings. The predicted octanol–water partition coefficient (Wildman–Crippen LogP) is 4.00. The number of benzene rings is 1. The quantitative estimate of drug-likeness (QED) is 0.833. The van der Waals surface area contributed by atoms with Gasteiger partial charge >= 0.3 is 0 Å². The lowest BCUT2D eigenvalue weighted by atomic mass is 9.92.